The highest BCUT2D eigenvalue weighted by Gasteiger charge is 2.80. The molecule has 3 aliphatic heterocycles. The number of fused-ring (bicyclic) bond motifs is 1. The first kappa shape index (κ1) is 27.2. The summed E-state index contributed by atoms with van der Waals surface area (Å²) in [5, 5.41) is 12.7. The van der Waals surface area contributed by atoms with E-state index in [0.717, 1.165) is 11.3 Å². The molecule has 3 heterocycles. The molecule has 0 bridgehead atoms. The maximum atomic E-state index is 13.7. The molecule has 0 amide bonds. The fraction of sp³-hybridized carbons (Fsp3) is 0.552. The molecule has 0 unspecified atom stereocenters. The van der Waals surface area contributed by atoms with Crippen LogP contribution in [0.4, 0.5) is 5.69 Å². The third-order valence-corrected chi connectivity index (χ3v) is 9.49. The van der Waals surface area contributed by atoms with E-state index in [1.807, 2.05) is 37.1 Å². The predicted octanol–water partition coefficient (Wildman–Crippen LogP) is 1.83. The van der Waals surface area contributed by atoms with Crippen LogP contribution in [0.15, 0.2) is 30.9 Å². The first-order valence-electron chi connectivity index (χ1n) is 13.1. The first-order valence-corrected chi connectivity index (χ1v) is 13.1. The Kier molecular flexibility index (Phi) is 6.34. The minimum absolute atomic E-state index is 0.136. The molecule has 39 heavy (non-hydrogen) atoms. The topological polar surface area (TPSA) is 115 Å². The second kappa shape index (κ2) is 9.09. The van der Waals surface area contributed by atoms with Gasteiger partial charge in [-0.25, -0.2) is 9.59 Å². The van der Waals surface area contributed by atoms with Crippen LogP contribution >= 0.6 is 0 Å². The Morgan fingerprint density at radius 3 is 2.46 bits per heavy atom. The van der Waals surface area contributed by atoms with E-state index in [0.29, 0.717) is 37.2 Å². The highest BCUT2D eigenvalue weighted by atomic mass is 16.6. The molecule has 1 spiro atoms. The Hall–Kier alpha value is -3.37. The lowest BCUT2D eigenvalue weighted by molar-refractivity contribution is -0.228. The zero-order valence-corrected chi connectivity index (χ0v) is 23.3. The molecule has 6 atom stereocenters. The lowest BCUT2D eigenvalue weighted by Crippen LogP contribution is -2.81. The summed E-state index contributed by atoms with van der Waals surface area (Å²) in [4.78, 5) is 43.0. The van der Waals surface area contributed by atoms with Gasteiger partial charge >= 0.3 is 17.9 Å². The minimum atomic E-state index is -2.22. The second-order valence-electron chi connectivity index (χ2n) is 10.9. The van der Waals surface area contributed by atoms with Crippen LogP contribution in [0, 0.1) is 5.41 Å². The maximum absolute atomic E-state index is 13.7. The molecule has 1 aromatic carbocycles. The Bertz CT molecular complexity index is 1290. The molecule has 1 aliphatic carbocycles. The van der Waals surface area contributed by atoms with E-state index in [-0.39, 0.29) is 11.6 Å². The molecule has 1 aromatic rings. The van der Waals surface area contributed by atoms with Crippen molar-refractivity contribution < 1.29 is 38.4 Å². The molecule has 2 fully saturated rings. The Balaban J connectivity index is 1.87. The summed E-state index contributed by atoms with van der Waals surface area (Å²) in [6.45, 7) is 8.61. The van der Waals surface area contributed by atoms with Crippen molar-refractivity contribution in [1.82, 2.24) is 4.90 Å². The molecule has 210 valence electrons. The normalized spacial score (nSPS) is 34.0. The zero-order chi connectivity index (χ0) is 28.5. The van der Waals surface area contributed by atoms with Gasteiger partial charge in [0, 0.05) is 54.7 Å². The number of hydrogen-bond acceptors (Lipinski definition) is 10. The SMILES string of the molecule is C=C(C(=O)OC)c1cc2c(cc1OC)N(C)[C@H]1[C@@](O)(C(=O)OC)[C@H](OC(C)=O)[C@]3(CC)C=CCN4CC[C@]21[C@@H]43. The van der Waals surface area contributed by atoms with E-state index in [1.54, 1.807) is 6.07 Å². The molecule has 10 heteroatoms. The van der Waals surface area contributed by atoms with Gasteiger partial charge in [0.1, 0.15) is 5.75 Å². The second-order valence-corrected chi connectivity index (χ2v) is 10.9. The molecule has 5 rings (SSSR count). The van der Waals surface area contributed by atoms with Crippen LogP contribution in [-0.4, -0.2) is 93.2 Å². The number of aliphatic hydroxyl groups is 1. The van der Waals surface area contributed by atoms with E-state index in [2.05, 4.69) is 11.5 Å². The number of methoxy groups -OCH3 is 3. The number of hydrogen-bond donors (Lipinski definition) is 1. The number of esters is 3. The smallest absolute Gasteiger partial charge is 0.344 e. The van der Waals surface area contributed by atoms with Gasteiger partial charge in [0.15, 0.2) is 6.10 Å². The molecule has 0 aromatic heterocycles. The number of ether oxygens (including phenoxy) is 4. The average molecular weight is 541 g/mol. The Morgan fingerprint density at radius 2 is 1.87 bits per heavy atom. The van der Waals surface area contributed by atoms with Crippen LogP contribution < -0.4 is 9.64 Å². The fourth-order valence-corrected chi connectivity index (χ4v) is 8.22. The third-order valence-electron chi connectivity index (χ3n) is 9.49. The summed E-state index contributed by atoms with van der Waals surface area (Å²) < 4.78 is 21.8. The van der Waals surface area contributed by atoms with Crippen molar-refractivity contribution in [1.29, 1.82) is 0 Å². The van der Waals surface area contributed by atoms with Gasteiger partial charge < -0.3 is 29.0 Å². The minimum Gasteiger partial charge on any atom is -0.496 e. The molecule has 0 radical (unpaired) electrons. The van der Waals surface area contributed by atoms with E-state index in [4.69, 9.17) is 18.9 Å². The Morgan fingerprint density at radius 1 is 1.15 bits per heavy atom. The number of benzene rings is 1. The number of carbonyl (C=O) groups excluding carboxylic acids is 3. The van der Waals surface area contributed by atoms with Gasteiger partial charge in [-0.15, -0.1) is 0 Å². The van der Waals surface area contributed by atoms with E-state index in [9.17, 15) is 19.5 Å². The largest absolute Gasteiger partial charge is 0.496 e. The third kappa shape index (κ3) is 3.24. The van der Waals surface area contributed by atoms with E-state index >= 15 is 0 Å². The van der Waals surface area contributed by atoms with Crippen molar-refractivity contribution in [2.75, 3.05) is 46.4 Å². The molecule has 1 N–H and O–H groups in total. The standard InChI is InChI=1S/C29H36N2O8/c1-8-27-10-9-12-31-13-11-28(23(27)31)19-14-18(16(2)22(33)37-6)21(36-5)15-20(19)30(4)24(28)29(35,26(34)38-7)25(27)39-17(3)32/h9-10,14-15,23-25,35H,2,8,11-13H2,1,3-7H3/t23-,24+,25+,27+,28+,29-/m0/s1. The summed E-state index contributed by atoms with van der Waals surface area (Å²) in [7, 11) is 5.83. The van der Waals surface area contributed by atoms with Gasteiger partial charge in [-0.1, -0.05) is 25.7 Å². The summed E-state index contributed by atoms with van der Waals surface area (Å²) >= 11 is 0. The van der Waals surface area contributed by atoms with Crippen LogP contribution in [-0.2, 0) is 34.0 Å². The van der Waals surface area contributed by atoms with Gasteiger partial charge in [0.2, 0.25) is 5.60 Å². The first-order chi connectivity index (χ1) is 18.5. The van der Waals surface area contributed by atoms with Crippen molar-refractivity contribution in [3.63, 3.8) is 0 Å². The summed E-state index contributed by atoms with van der Waals surface area (Å²) in [6.07, 6.45) is 3.93. The molecule has 10 nitrogen and oxygen atoms in total. The van der Waals surface area contributed by atoms with Gasteiger partial charge in [-0.05, 0) is 31.0 Å². The maximum Gasteiger partial charge on any atom is 0.344 e. The van der Waals surface area contributed by atoms with Crippen molar-refractivity contribution in [2.24, 2.45) is 5.41 Å². The Labute approximate surface area is 228 Å². The zero-order valence-electron chi connectivity index (χ0n) is 23.3. The van der Waals surface area contributed by atoms with Crippen molar-refractivity contribution >= 4 is 29.2 Å². The van der Waals surface area contributed by atoms with Crippen LogP contribution in [0.1, 0.15) is 37.8 Å². The molecule has 1 saturated heterocycles. The van der Waals surface area contributed by atoms with Crippen molar-refractivity contribution in [3.8, 4) is 5.75 Å². The van der Waals surface area contributed by atoms with Crippen LogP contribution in [0.25, 0.3) is 5.57 Å². The van der Waals surface area contributed by atoms with Crippen LogP contribution in [0.3, 0.4) is 0 Å². The number of likely N-dealkylation sites (N-methyl/N-ethyl adjacent to an activating group) is 1. The average Bonchev–Trinajstić information content (AvgIpc) is 3.44. The molecule has 4 aliphatic rings. The predicted molar refractivity (Wildman–Crippen MR) is 142 cm³/mol. The van der Waals surface area contributed by atoms with Gasteiger partial charge in [0.25, 0.3) is 0 Å². The van der Waals surface area contributed by atoms with E-state index < -0.39 is 46.5 Å². The monoisotopic (exact) mass is 540 g/mol. The summed E-state index contributed by atoms with van der Waals surface area (Å²) in [5.41, 5.74) is -1.70. The fourth-order valence-electron chi connectivity index (χ4n) is 8.22. The lowest BCUT2D eigenvalue weighted by Gasteiger charge is -2.63. The van der Waals surface area contributed by atoms with Crippen molar-refractivity contribution in [3.05, 3.63) is 42.0 Å². The van der Waals surface area contributed by atoms with Gasteiger partial charge in [-0.2, -0.15) is 0 Å². The molecular weight excluding hydrogens is 504 g/mol. The lowest BCUT2D eigenvalue weighted by atomic mass is 9.47. The summed E-state index contributed by atoms with van der Waals surface area (Å²) in [5.74, 6) is -1.64. The van der Waals surface area contributed by atoms with Gasteiger partial charge in [-0.3, -0.25) is 9.69 Å². The number of carbonyl (C=O) groups is 3. The quantitative estimate of drug-likeness (QED) is 0.248. The van der Waals surface area contributed by atoms with Crippen LogP contribution in [0.2, 0.25) is 0 Å². The summed E-state index contributed by atoms with van der Waals surface area (Å²) in [6, 6.07) is 2.62. The number of nitrogens with zero attached hydrogens (tertiary/aromatic N) is 2. The highest BCUT2D eigenvalue weighted by Crippen LogP contribution is 2.67. The number of anilines is 1. The highest BCUT2D eigenvalue weighted by molar-refractivity contribution is 6.16. The van der Waals surface area contributed by atoms with Crippen LogP contribution in [0.5, 0.6) is 5.75 Å². The van der Waals surface area contributed by atoms with E-state index in [1.165, 1.54) is 28.3 Å². The van der Waals surface area contributed by atoms with Crippen molar-refractivity contribution in [2.45, 2.75) is 55.9 Å². The van der Waals surface area contributed by atoms with Gasteiger partial charge in [0.05, 0.1) is 32.9 Å². The molecule has 1 saturated carbocycles. The number of rotatable bonds is 6. The molecular formula is C29H36N2O8.